The molecule has 1 aromatic carbocycles. The quantitative estimate of drug-likeness (QED) is 0.747. The third-order valence-corrected chi connectivity index (χ3v) is 4.55. The molecule has 1 saturated heterocycles. The first-order valence-electron chi connectivity index (χ1n) is 9.28. The molecule has 30 heavy (non-hydrogen) atoms. The predicted molar refractivity (Wildman–Crippen MR) is 102 cm³/mol. The zero-order chi connectivity index (χ0) is 21.7. The molecule has 2 amide bonds. The van der Waals surface area contributed by atoms with Crippen LogP contribution in [0, 0.1) is 0 Å². The number of aromatic nitrogens is 1. The van der Waals surface area contributed by atoms with Crippen LogP contribution in [0.25, 0.3) is 0 Å². The van der Waals surface area contributed by atoms with Crippen LogP contribution in [-0.2, 0) is 22.3 Å². The maximum atomic E-state index is 13.3. The molecule has 2 heterocycles. The Hall–Kier alpha value is -3.14. The summed E-state index contributed by atoms with van der Waals surface area (Å²) in [4.78, 5) is 36.2. The van der Waals surface area contributed by atoms with Crippen LogP contribution in [-0.4, -0.2) is 35.6 Å². The van der Waals surface area contributed by atoms with Crippen molar-refractivity contribution in [1.82, 2.24) is 9.88 Å². The fraction of sp³-hybridized carbons (Fsp3) is 0.350. The van der Waals surface area contributed by atoms with Crippen LogP contribution in [0.1, 0.15) is 28.8 Å². The summed E-state index contributed by atoms with van der Waals surface area (Å²) < 4.78 is 46.3. The minimum absolute atomic E-state index is 0.0689. The fourth-order valence-electron chi connectivity index (χ4n) is 3.00. The zero-order valence-electron chi connectivity index (χ0n) is 15.9. The molecule has 1 fully saturated rings. The molecule has 10 heteroatoms. The van der Waals surface area contributed by atoms with Gasteiger partial charge in [-0.2, -0.15) is 13.2 Å². The Morgan fingerprint density at radius 1 is 1.20 bits per heavy atom. The van der Waals surface area contributed by atoms with Gasteiger partial charge in [0, 0.05) is 43.1 Å². The van der Waals surface area contributed by atoms with E-state index in [1.54, 1.807) is 12.1 Å². The number of alkyl halides is 3. The van der Waals surface area contributed by atoms with Crippen LogP contribution >= 0.6 is 0 Å². The van der Waals surface area contributed by atoms with Crippen LogP contribution in [0.3, 0.4) is 0 Å². The average Bonchev–Trinajstić information content (AvgIpc) is 3.19. The fourth-order valence-corrected chi connectivity index (χ4v) is 3.00. The molecule has 3 rings (SSSR count). The molecule has 0 radical (unpaired) electrons. The molecule has 0 spiro atoms. The van der Waals surface area contributed by atoms with Crippen molar-refractivity contribution in [2.45, 2.75) is 31.6 Å². The Morgan fingerprint density at radius 3 is 2.67 bits per heavy atom. The summed E-state index contributed by atoms with van der Waals surface area (Å²) in [5, 5.41) is 5.00. The smallest absolute Gasteiger partial charge is 0.379 e. The predicted octanol–water partition coefficient (Wildman–Crippen LogP) is 2.41. The van der Waals surface area contributed by atoms with Crippen LogP contribution in [0.15, 0.2) is 47.4 Å². The van der Waals surface area contributed by atoms with E-state index in [4.69, 9.17) is 4.74 Å². The Balaban J connectivity index is 1.73. The van der Waals surface area contributed by atoms with Crippen molar-refractivity contribution in [1.29, 1.82) is 0 Å². The van der Waals surface area contributed by atoms with Gasteiger partial charge in [0.25, 0.3) is 11.5 Å². The van der Waals surface area contributed by atoms with E-state index in [1.807, 2.05) is 0 Å². The van der Waals surface area contributed by atoms with Gasteiger partial charge in [0.05, 0.1) is 18.2 Å². The van der Waals surface area contributed by atoms with E-state index >= 15 is 0 Å². The van der Waals surface area contributed by atoms with Gasteiger partial charge in [-0.25, -0.2) is 0 Å². The molecule has 0 aliphatic carbocycles. The number of benzene rings is 1. The van der Waals surface area contributed by atoms with Crippen molar-refractivity contribution >= 4 is 17.5 Å². The number of hydrogen-bond acceptors (Lipinski definition) is 4. The number of nitrogens with one attached hydrogen (secondary N) is 2. The second kappa shape index (κ2) is 9.12. The van der Waals surface area contributed by atoms with E-state index < -0.39 is 23.6 Å². The molecule has 1 aliphatic rings. The molecule has 1 aromatic heterocycles. The topological polar surface area (TPSA) is 89.4 Å². The van der Waals surface area contributed by atoms with E-state index in [2.05, 4.69) is 10.6 Å². The molecule has 1 unspecified atom stereocenters. The highest BCUT2D eigenvalue weighted by molar-refractivity contribution is 5.97. The highest BCUT2D eigenvalue weighted by Gasteiger charge is 2.32. The third-order valence-electron chi connectivity index (χ3n) is 4.55. The van der Waals surface area contributed by atoms with Gasteiger partial charge in [0.2, 0.25) is 5.91 Å². The summed E-state index contributed by atoms with van der Waals surface area (Å²) in [5.41, 5.74) is -1.71. The normalized spacial score (nSPS) is 16.3. The first-order chi connectivity index (χ1) is 14.2. The lowest BCUT2D eigenvalue weighted by Crippen LogP contribution is -2.35. The summed E-state index contributed by atoms with van der Waals surface area (Å²) in [6, 6.07) is 6.96. The highest BCUT2D eigenvalue weighted by atomic mass is 19.4. The van der Waals surface area contributed by atoms with Crippen LogP contribution in [0.5, 0.6) is 0 Å². The second-order valence-electron chi connectivity index (χ2n) is 6.86. The van der Waals surface area contributed by atoms with Gasteiger partial charge in [-0.05, 0) is 30.7 Å². The standard InChI is InChI=1S/C20H20F3N3O4/c21-20(22,23)14-9-13(19(29)25-15-5-8-30-12-15)10-16(11-14)24-17(27)4-7-26-6-2-1-3-18(26)28/h1-3,6,9-11,15H,4-5,7-8,12H2,(H,24,27)(H,25,29). The summed E-state index contributed by atoms with van der Waals surface area (Å²) in [6.45, 7) is 0.839. The lowest BCUT2D eigenvalue weighted by Gasteiger charge is -2.15. The largest absolute Gasteiger partial charge is 0.416 e. The Bertz CT molecular complexity index is 982. The molecule has 2 aromatic rings. The molecule has 7 nitrogen and oxygen atoms in total. The molecule has 0 bridgehead atoms. The van der Waals surface area contributed by atoms with Gasteiger partial charge in [-0.15, -0.1) is 0 Å². The van der Waals surface area contributed by atoms with E-state index in [0.29, 0.717) is 19.6 Å². The number of carbonyl (C=O) groups excluding carboxylic acids is 2. The van der Waals surface area contributed by atoms with Crippen molar-refractivity contribution in [3.8, 4) is 0 Å². The number of rotatable bonds is 6. The van der Waals surface area contributed by atoms with E-state index in [-0.39, 0.29) is 35.8 Å². The maximum absolute atomic E-state index is 13.3. The average molecular weight is 423 g/mol. The molecule has 1 atom stereocenters. The monoisotopic (exact) mass is 423 g/mol. The number of amides is 2. The number of nitrogens with zero attached hydrogens (tertiary/aromatic N) is 1. The Kier molecular flexibility index (Phi) is 6.56. The van der Waals surface area contributed by atoms with Crippen molar-refractivity contribution < 1.29 is 27.5 Å². The first-order valence-corrected chi connectivity index (χ1v) is 9.28. The number of anilines is 1. The summed E-state index contributed by atoms with van der Waals surface area (Å²) >= 11 is 0. The van der Waals surface area contributed by atoms with Crippen LogP contribution in [0.4, 0.5) is 18.9 Å². The second-order valence-corrected chi connectivity index (χ2v) is 6.86. The maximum Gasteiger partial charge on any atom is 0.416 e. The number of ether oxygens (including phenoxy) is 1. The Labute approximate surface area is 169 Å². The molecule has 1 aliphatic heterocycles. The summed E-state index contributed by atoms with van der Waals surface area (Å²) in [7, 11) is 0. The minimum atomic E-state index is -4.69. The van der Waals surface area contributed by atoms with Gasteiger partial charge in [-0.1, -0.05) is 6.07 Å². The van der Waals surface area contributed by atoms with Crippen molar-refractivity contribution in [3.05, 3.63) is 64.1 Å². The van der Waals surface area contributed by atoms with Gasteiger partial charge >= 0.3 is 6.18 Å². The Morgan fingerprint density at radius 2 is 2.00 bits per heavy atom. The van der Waals surface area contributed by atoms with Gasteiger partial charge < -0.3 is 19.9 Å². The van der Waals surface area contributed by atoms with Crippen LogP contribution < -0.4 is 16.2 Å². The lowest BCUT2D eigenvalue weighted by atomic mass is 10.1. The van der Waals surface area contributed by atoms with Gasteiger partial charge in [-0.3, -0.25) is 14.4 Å². The summed E-state index contributed by atoms with van der Waals surface area (Å²) in [6.07, 6.45) is -2.73. The molecular formula is C20H20F3N3O4. The minimum Gasteiger partial charge on any atom is -0.379 e. The molecule has 0 saturated carbocycles. The number of aryl methyl sites for hydroxylation is 1. The van der Waals surface area contributed by atoms with Crippen LogP contribution in [0.2, 0.25) is 0 Å². The first kappa shape index (κ1) is 21.6. The number of pyridine rings is 1. The molecule has 160 valence electrons. The van der Waals surface area contributed by atoms with Crippen molar-refractivity contribution in [2.24, 2.45) is 0 Å². The highest BCUT2D eigenvalue weighted by Crippen LogP contribution is 2.32. The number of hydrogen-bond donors (Lipinski definition) is 2. The van der Waals surface area contributed by atoms with Gasteiger partial charge in [0.15, 0.2) is 0 Å². The molecule has 2 N–H and O–H groups in total. The molecular weight excluding hydrogens is 403 g/mol. The van der Waals surface area contributed by atoms with E-state index in [1.165, 1.54) is 22.9 Å². The number of carbonyl (C=O) groups is 2. The summed E-state index contributed by atoms with van der Waals surface area (Å²) in [5.74, 6) is -1.26. The van der Waals surface area contributed by atoms with E-state index in [9.17, 15) is 27.6 Å². The lowest BCUT2D eigenvalue weighted by molar-refractivity contribution is -0.137. The van der Waals surface area contributed by atoms with E-state index in [0.717, 1.165) is 12.1 Å². The van der Waals surface area contributed by atoms with Crippen molar-refractivity contribution in [2.75, 3.05) is 18.5 Å². The van der Waals surface area contributed by atoms with Crippen molar-refractivity contribution in [3.63, 3.8) is 0 Å². The SMILES string of the molecule is O=C(CCn1ccccc1=O)Nc1cc(C(=O)NC2CCOC2)cc(C(F)(F)F)c1. The third kappa shape index (κ3) is 5.69. The van der Waals surface area contributed by atoms with Gasteiger partial charge in [0.1, 0.15) is 0 Å². The zero-order valence-corrected chi connectivity index (χ0v) is 15.9. The number of halogens is 3.